The summed E-state index contributed by atoms with van der Waals surface area (Å²) in [5.74, 6) is 0. The number of hydrogen-bond acceptors (Lipinski definition) is 4. The molecule has 2 aliphatic heterocycles. The summed E-state index contributed by atoms with van der Waals surface area (Å²) in [6.07, 6.45) is 16.3. The molecule has 29 heavy (non-hydrogen) atoms. The van der Waals surface area contributed by atoms with Crippen molar-refractivity contribution in [2.24, 2.45) is 4.99 Å². The van der Waals surface area contributed by atoms with E-state index in [-0.39, 0.29) is 5.54 Å². The zero-order valence-corrected chi connectivity index (χ0v) is 17.3. The van der Waals surface area contributed by atoms with Gasteiger partial charge in [0.25, 0.3) is 0 Å². The fraction of sp³-hybridized carbons (Fsp3) is 0.0800. The first-order valence-electron chi connectivity index (χ1n) is 9.71. The highest BCUT2D eigenvalue weighted by atomic mass is 32.2. The molecule has 1 atom stereocenters. The first-order chi connectivity index (χ1) is 14.3. The summed E-state index contributed by atoms with van der Waals surface area (Å²) < 4.78 is 0. The molecule has 0 saturated heterocycles. The van der Waals surface area contributed by atoms with Gasteiger partial charge in [0.05, 0.1) is 15.8 Å². The molecule has 1 spiro atoms. The lowest BCUT2D eigenvalue weighted by molar-refractivity contribution is 0.694. The summed E-state index contributed by atoms with van der Waals surface area (Å²) in [7, 11) is 0. The van der Waals surface area contributed by atoms with Crippen LogP contribution in [0.15, 0.2) is 105 Å². The van der Waals surface area contributed by atoms with E-state index in [1.807, 2.05) is 0 Å². The van der Waals surface area contributed by atoms with Crippen LogP contribution in [0.1, 0.15) is 6.42 Å². The third kappa shape index (κ3) is 2.78. The minimum Gasteiger partial charge on any atom is -0.349 e. The average molecular weight is 411 g/mol. The second-order valence-corrected chi connectivity index (χ2v) is 9.47. The van der Waals surface area contributed by atoms with Gasteiger partial charge in [0.15, 0.2) is 0 Å². The lowest BCUT2D eigenvalue weighted by Gasteiger charge is -2.32. The van der Waals surface area contributed by atoms with Crippen LogP contribution >= 0.6 is 23.5 Å². The normalized spacial score (nSPS) is 25.0. The molecule has 0 amide bonds. The Kier molecular flexibility index (Phi) is 3.96. The molecule has 0 fully saturated rings. The zero-order valence-electron chi connectivity index (χ0n) is 15.6. The van der Waals surface area contributed by atoms with Gasteiger partial charge in [-0.15, -0.1) is 0 Å². The van der Waals surface area contributed by atoms with Crippen LogP contribution in [0.3, 0.4) is 0 Å². The quantitative estimate of drug-likeness (QED) is 0.756. The number of aliphatic imine (C=N–C) groups is 1. The van der Waals surface area contributed by atoms with Crippen molar-refractivity contribution >= 4 is 45.9 Å². The molecule has 2 aromatic rings. The third-order valence-electron chi connectivity index (χ3n) is 5.60. The van der Waals surface area contributed by atoms with E-state index in [2.05, 4.69) is 96.4 Å². The number of allylic oxidation sites excluding steroid dienone is 4. The van der Waals surface area contributed by atoms with Gasteiger partial charge >= 0.3 is 0 Å². The molecule has 6 rings (SSSR count). The number of thioether (sulfide) groups is 2. The zero-order chi connectivity index (χ0) is 19.3. The first kappa shape index (κ1) is 17.2. The van der Waals surface area contributed by atoms with Gasteiger partial charge in [-0.2, -0.15) is 0 Å². The van der Waals surface area contributed by atoms with Crippen LogP contribution in [0.5, 0.6) is 0 Å². The topological polar surface area (TPSA) is 24.4 Å². The van der Waals surface area contributed by atoms with Crippen molar-refractivity contribution in [3.63, 3.8) is 0 Å². The Morgan fingerprint density at radius 3 is 2.90 bits per heavy atom. The van der Waals surface area contributed by atoms with E-state index < -0.39 is 0 Å². The molecular weight excluding hydrogens is 392 g/mol. The Morgan fingerprint density at radius 2 is 1.93 bits per heavy atom. The lowest BCUT2D eigenvalue weighted by atomic mass is 9.79. The molecule has 2 heterocycles. The van der Waals surface area contributed by atoms with Crippen molar-refractivity contribution < 1.29 is 0 Å². The molecule has 4 aliphatic rings. The molecule has 1 unspecified atom stereocenters. The van der Waals surface area contributed by atoms with E-state index in [9.17, 15) is 0 Å². The van der Waals surface area contributed by atoms with Crippen LogP contribution in [0.25, 0.3) is 11.6 Å². The molecule has 0 bridgehead atoms. The number of anilines is 1. The van der Waals surface area contributed by atoms with Crippen LogP contribution in [0.2, 0.25) is 0 Å². The van der Waals surface area contributed by atoms with Gasteiger partial charge in [0.2, 0.25) is 0 Å². The van der Waals surface area contributed by atoms with E-state index in [0.29, 0.717) is 0 Å². The largest absolute Gasteiger partial charge is 0.349 e. The van der Waals surface area contributed by atoms with E-state index in [4.69, 9.17) is 4.99 Å². The van der Waals surface area contributed by atoms with Crippen LogP contribution in [-0.2, 0) is 0 Å². The predicted molar refractivity (Wildman–Crippen MR) is 126 cm³/mol. The number of nitrogens with one attached hydrogen (secondary N) is 1. The number of fused-ring (bicyclic) bond motifs is 2. The predicted octanol–water partition coefficient (Wildman–Crippen LogP) is 4.97. The van der Waals surface area contributed by atoms with Crippen molar-refractivity contribution in [1.29, 1.82) is 0 Å². The lowest BCUT2D eigenvalue weighted by Crippen LogP contribution is -2.41. The van der Waals surface area contributed by atoms with Gasteiger partial charge in [-0.3, -0.25) is 4.99 Å². The van der Waals surface area contributed by atoms with Crippen molar-refractivity contribution in [3.8, 4) is 0 Å². The molecular formula is C25H18N2S2. The maximum absolute atomic E-state index is 5.21. The Morgan fingerprint density at radius 1 is 1.03 bits per heavy atom. The molecule has 4 heteroatoms. The molecule has 0 aromatic heterocycles. The van der Waals surface area contributed by atoms with Gasteiger partial charge in [-0.05, 0) is 46.4 Å². The molecule has 140 valence electrons. The van der Waals surface area contributed by atoms with Crippen LogP contribution in [0, 0.1) is 0 Å². The summed E-state index contributed by atoms with van der Waals surface area (Å²) in [6, 6.07) is 17.0. The molecule has 0 saturated carbocycles. The second-order valence-electron chi connectivity index (χ2n) is 7.32. The number of rotatable bonds is 2. The molecule has 2 nitrogen and oxygen atoms in total. The van der Waals surface area contributed by atoms with Crippen LogP contribution < -0.4 is 15.8 Å². The van der Waals surface area contributed by atoms with Gasteiger partial charge < -0.3 is 5.32 Å². The minimum absolute atomic E-state index is 0.239. The number of hydrogen-bond donors (Lipinski definition) is 1. The highest BCUT2D eigenvalue weighted by Crippen LogP contribution is 2.50. The van der Waals surface area contributed by atoms with Crippen molar-refractivity contribution in [1.82, 2.24) is 0 Å². The van der Waals surface area contributed by atoms with E-state index in [1.54, 1.807) is 23.5 Å². The van der Waals surface area contributed by atoms with Gasteiger partial charge in [-0.25, -0.2) is 0 Å². The summed E-state index contributed by atoms with van der Waals surface area (Å²) in [5.41, 5.74) is 2.27. The van der Waals surface area contributed by atoms with Crippen molar-refractivity contribution in [3.05, 3.63) is 105 Å². The third-order valence-corrected chi connectivity index (χ3v) is 7.76. The number of para-hydroxylation sites is 1. The summed E-state index contributed by atoms with van der Waals surface area (Å²) in [5, 5.41) is 8.30. The van der Waals surface area contributed by atoms with E-state index in [0.717, 1.165) is 16.5 Å². The highest BCUT2D eigenvalue weighted by Gasteiger charge is 2.43. The smallest absolute Gasteiger partial charge is 0.122 e. The monoisotopic (exact) mass is 410 g/mol. The maximum Gasteiger partial charge on any atom is 0.122 e. The van der Waals surface area contributed by atoms with Gasteiger partial charge in [0, 0.05) is 16.2 Å². The Balaban J connectivity index is 1.32. The SMILES string of the molecule is C(=CC1=NC23CC=c4ccccc4=C2C=CC=C3S1)C=C1Nc2ccccc2S1. The van der Waals surface area contributed by atoms with E-state index >= 15 is 0 Å². The molecule has 1 N–H and O–H groups in total. The maximum atomic E-state index is 5.21. The first-order valence-corrected chi connectivity index (χ1v) is 11.3. The second kappa shape index (κ2) is 6.68. The number of benzene rings is 2. The fourth-order valence-electron chi connectivity index (χ4n) is 4.24. The van der Waals surface area contributed by atoms with Gasteiger partial charge in [0.1, 0.15) is 5.54 Å². The van der Waals surface area contributed by atoms with Crippen molar-refractivity contribution in [2.45, 2.75) is 16.9 Å². The average Bonchev–Trinajstić information content (AvgIpc) is 3.33. The Bertz CT molecular complexity index is 1280. The minimum atomic E-state index is -0.239. The van der Waals surface area contributed by atoms with Crippen LogP contribution in [0.4, 0.5) is 5.69 Å². The fourth-order valence-corrected chi connectivity index (χ4v) is 6.29. The summed E-state index contributed by atoms with van der Waals surface area (Å²) in [4.78, 5) is 7.82. The molecule has 2 aromatic carbocycles. The molecule has 0 radical (unpaired) electrons. The van der Waals surface area contributed by atoms with Crippen molar-refractivity contribution in [2.75, 3.05) is 5.32 Å². The highest BCUT2D eigenvalue weighted by molar-refractivity contribution is 8.18. The summed E-state index contributed by atoms with van der Waals surface area (Å²) >= 11 is 3.56. The Hall–Kier alpha value is -2.69. The standard InChI is InChI=1S/C25H18N2S2/c1-2-8-18-17(7-1)15-16-25-19(18)9-5-12-22(25)29-24(27-25)14-6-13-23-26-20-10-3-4-11-21(20)28-23/h1-15,26H,16H2. The number of nitrogens with zero attached hydrogens (tertiary/aromatic N) is 1. The van der Waals surface area contributed by atoms with Crippen LogP contribution in [-0.4, -0.2) is 10.6 Å². The molecule has 2 aliphatic carbocycles. The van der Waals surface area contributed by atoms with Gasteiger partial charge in [-0.1, -0.05) is 84.2 Å². The Labute approximate surface area is 178 Å². The van der Waals surface area contributed by atoms with E-state index in [1.165, 1.54) is 31.5 Å². The summed E-state index contributed by atoms with van der Waals surface area (Å²) in [6.45, 7) is 0.